The van der Waals surface area contributed by atoms with Gasteiger partial charge in [-0.05, 0) is 43.2 Å². The number of hydrogen-bond acceptors (Lipinski definition) is 3. The first-order valence-corrected chi connectivity index (χ1v) is 6.55. The fourth-order valence-corrected chi connectivity index (χ4v) is 1.94. The lowest BCUT2D eigenvalue weighted by Crippen LogP contribution is -2.14. The SMILES string of the molecule is Cc1ccncc1NC(=O)c1cccc(C#CCO)c1C. The van der Waals surface area contributed by atoms with Gasteiger partial charge < -0.3 is 10.4 Å². The molecule has 0 spiro atoms. The standard InChI is InChI=1S/C17H16N2O2/c1-12-8-9-18-11-16(12)19-17(21)15-7-3-5-14(13(15)2)6-4-10-20/h3,5,7-9,11,20H,10H2,1-2H3,(H,19,21). The number of aliphatic hydroxyl groups is 1. The molecule has 0 unspecified atom stereocenters. The number of anilines is 1. The van der Waals surface area contributed by atoms with Gasteiger partial charge in [0.1, 0.15) is 6.61 Å². The first-order valence-electron chi connectivity index (χ1n) is 6.55. The Labute approximate surface area is 123 Å². The minimum absolute atomic E-state index is 0.198. The van der Waals surface area contributed by atoms with Crippen molar-refractivity contribution in [2.45, 2.75) is 13.8 Å². The van der Waals surface area contributed by atoms with Crippen LogP contribution in [0.3, 0.4) is 0 Å². The van der Waals surface area contributed by atoms with E-state index in [0.717, 1.165) is 16.7 Å². The number of aryl methyl sites for hydroxylation is 1. The third kappa shape index (κ3) is 3.47. The molecule has 0 bridgehead atoms. The number of carbonyl (C=O) groups is 1. The van der Waals surface area contributed by atoms with Gasteiger partial charge in [0.2, 0.25) is 0 Å². The summed E-state index contributed by atoms with van der Waals surface area (Å²) in [7, 11) is 0. The maximum Gasteiger partial charge on any atom is 0.256 e. The van der Waals surface area contributed by atoms with E-state index < -0.39 is 0 Å². The number of benzene rings is 1. The van der Waals surface area contributed by atoms with E-state index in [1.54, 1.807) is 24.5 Å². The number of nitrogens with zero attached hydrogens (tertiary/aromatic N) is 1. The zero-order chi connectivity index (χ0) is 15.2. The van der Waals surface area contributed by atoms with Gasteiger partial charge in [-0.15, -0.1) is 0 Å². The van der Waals surface area contributed by atoms with Crippen molar-refractivity contribution >= 4 is 11.6 Å². The summed E-state index contributed by atoms with van der Waals surface area (Å²) in [6, 6.07) is 7.19. The molecule has 1 aromatic heterocycles. The van der Waals surface area contributed by atoms with Gasteiger partial charge in [0.05, 0.1) is 11.9 Å². The number of nitrogens with one attached hydrogen (secondary N) is 1. The van der Waals surface area contributed by atoms with Crippen LogP contribution < -0.4 is 5.32 Å². The quantitative estimate of drug-likeness (QED) is 0.830. The molecular formula is C17H16N2O2. The molecule has 4 nitrogen and oxygen atoms in total. The molecule has 1 amide bonds. The summed E-state index contributed by atoms with van der Waals surface area (Å²) in [6.45, 7) is 3.55. The number of aliphatic hydroxyl groups excluding tert-OH is 1. The van der Waals surface area contributed by atoms with Gasteiger partial charge in [0, 0.05) is 17.3 Å². The van der Waals surface area contributed by atoms with E-state index in [2.05, 4.69) is 22.1 Å². The normalized spacial score (nSPS) is 9.67. The monoisotopic (exact) mass is 280 g/mol. The number of pyridine rings is 1. The predicted molar refractivity (Wildman–Crippen MR) is 82.1 cm³/mol. The maximum absolute atomic E-state index is 12.4. The second kappa shape index (κ2) is 6.69. The van der Waals surface area contributed by atoms with E-state index in [1.807, 2.05) is 26.0 Å². The Morgan fingerprint density at radius 3 is 2.86 bits per heavy atom. The largest absolute Gasteiger partial charge is 0.384 e. The molecule has 0 saturated carbocycles. The van der Waals surface area contributed by atoms with Crippen LogP contribution in [0.25, 0.3) is 0 Å². The topological polar surface area (TPSA) is 62.2 Å². The molecule has 1 aromatic carbocycles. The lowest BCUT2D eigenvalue weighted by Gasteiger charge is -2.10. The lowest BCUT2D eigenvalue weighted by atomic mass is 10.0. The molecule has 0 radical (unpaired) electrons. The highest BCUT2D eigenvalue weighted by Crippen LogP contribution is 2.17. The molecule has 4 heteroatoms. The van der Waals surface area contributed by atoms with Crippen molar-refractivity contribution in [2.24, 2.45) is 0 Å². The molecule has 2 rings (SSSR count). The van der Waals surface area contributed by atoms with E-state index in [1.165, 1.54) is 0 Å². The zero-order valence-corrected chi connectivity index (χ0v) is 12.0. The molecule has 0 aliphatic carbocycles. The second-order valence-electron chi connectivity index (χ2n) is 4.58. The van der Waals surface area contributed by atoms with Gasteiger partial charge >= 0.3 is 0 Å². The fourth-order valence-electron chi connectivity index (χ4n) is 1.94. The summed E-state index contributed by atoms with van der Waals surface area (Å²) in [5, 5.41) is 11.6. The minimum atomic E-state index is -0.204. The maximum atomic E-state index is 12.4. The first kappa shape index (κ1) is 14.8. The van der Waals surface area contributed by atoms with Crippen LogP contribution in [-0.4, -0.2) is 22.6 Å². The van der Waals surface area contributed by atoms with Crippen LogP contribution in [0.1, 0.15) is 27.0 Å². The number of rotatable bonds is 2. The molecule has 106 valence electrons. The van der Waals surface area contributed by atoms with Crippen molar-refractivity contribution in [3.05, 3.63) is 58.9 Å². The molecule has 0 fully saturated rings. The Morgan fingerprint density at radius 1 is 1.33 bits per heavy atom. The van der Waals surface area contributed by atoms with E-state index in [4.69, 9.17) is 5.11 Å². The summed E-state index contributed by atoms with van der Waals surface area (Å²) >= 11 is 0. The molecule has 2 aromatic rings. The Balaban J connectivity index is 2.30. The first-order chi connectivity index (χ1) is 10.1. The summed E-state index contributed by atoms with van der Waals surface area (Å²) in [5.41, 5.74) is 3.72. The van der Waals surface area contributed by atoms with Gasteiger partial charge in [-0.2, -0.15) is 0 Å². The van der Waals surface area contributed by atoms with Crippen LogP contribution in [-0.2, 0) is 0 Å². The van der Waals surface area contributed by atoms with Crippen LogP contribution >= 0.6 is 0 Å². The van der Waals surface area contributed by atoms with Crippen LogP contribution in [0.4, 0.5) is 5.69 Å². The van der Waals surface area contributed by atoms with Gasteiger partial charge in [0.25, 0.3) is 5.91 Å². The highest BCUT2D eigenvalue weighted by Gasteiger charge is 2.12. The number of aromatic nitrogens is 1. The summed E-state index contributed by atoms with van der Waals surface area (Å²) in [6.07, 6.45) is 3.30. The third-order valence-electron chi connectivity index (χ3n) is 3.17. The lowest BCUT2D eigenvalue weighted by molar-refractivity contribution is 0.102. The van der Waals surface area contributed by atoms with Crippen molar-refractivity contribution in [3.63, 3.8) is 0 Å². The molecule has 0 aliphatic rings. The molecular weight excluding hydrogens is 264 g/mol. The Kier molecular flexibility index (Phi) is 4.70. The molecule has 1 heterocycles. The van der Waals surface area contributed by atoms with Gasteiger partial charge in [-0.1, -0.05) is 17.9 Å². The molecule has 0 aliphatic heterocycles. The van der Waals surface area contributed by atoms with Crippen molar-refractivity contribution in [1.82, 2.24) is 4.98 Å². The van der Waals surface area contributed by atoms with E-state index in [-0.39, 0.29) is 12.5 Å². The zero-order valence-electron chi connectivity index (χ0n) is 12.0. The highest BCUT2D eigenvalue weighted by atomic mass is 16.2. The van der Waals surface area contributed by atoms with Crippen molar-refractivity contribution in [3.8, 4) is 11.8 Å². The molecule has 2 N–H and O–H groups in total. The van der Waals surface area contributed by atoms with Crippen molar-refractivity contribution in [1.29, 1.82) is 0 Å². The third-order valence-corrected chi connectivity index (χ3v) is 3.17. The Bertz CT molecular complexity index is 727. The average molecular weight is 280 g/mol. The number of amides is 1. The summed E-state index contributed by atoms with van der Waals surface area (Å²) in [4.78, 5) is 16.4. The van der Waals surface area contributed by atoms with Gasteiger partial charge in [-0.25, -0.2) is 0 Å². The second-order valence-corrected chi connectivity index (χ2v) is 4.58. The number of carbonyl (C=O) groups excluding carboxylic acids is 1. The summed E-state index contributed by atoms with van der Waals surface area (Å²) < 4.78 is 0. The van der Waals surface area contributed by atoms with E-state index in [0.29, 0.717) is 11.3 Å². The van der Waals surface area contributed by atoms with Crippen LogP contribution in [0.15, 0.2) is 36.7 Å². The Morgan fingerprint density at radius 2 is 2.14 bits per heavy atom. The van der Waals surface area contributed by atoms with Crippen molar-refractivity contribution < 1.29 is 9.90 Å². The number of hydrogen-bond donors (Lipinski definition) is 2. The van der Waals surface area contributed by atoms with Crippen LogP contribution in [0.5, 0.6) is 0 Å². The molecule has 0 atom stereocenters. The van der Waals surface area contributed by atoms with Crippen LogP contribution in [0.2, 0.25) is 0 Å². The summed E-state index contributed by atoms with van der Waals surface area (Å²) in [5.74, 6) is 5.24. The smallest absolute Gasteiger partial charge is 0.256 e. The molecule has 21 heavy (non-hydrogen) atoms. The highest BCUT2D eigenvalue weighted by molar-refractivity contribution is 6.05. The van der Waals surface area contributed by atoms with Gasteiger partial charge in [-0.3, -0.25) is 9.78 Å². The van der Waals surface area contributed by atoms with E-state index in [9.17, 15) is 4.79 Å². The van der Waals surface area contributed by atoms with Crippen molar-refractivity contribution in [2.75, 3.05) is 11.9 Å². The molecule has 0 saturated heterocycles. The average Bonchev–Trinajstić information content (AvgIpc) is 2.48. The van der Waals surface area contributed by atoms with Gasteiger partial charge in [0.15, 0.2) is 0 Å². The van der Waals surface area contributed by atoms with Crippen LogP contribution in [0, 0.1) is 25.7 Å². The fraction of sp³-hybridized carbons (Fsp3) is 0.176. The predicted octanol–water partition coefficient (Wildman–Crippen LogP) is 2.29. The minimum Gasteiger partial charge on any atom is -0.384 e. The Hall–Kier alpha value is -2.64. The van der Waals surface area contributed by atoms with E-state index >= 15 is 0 Å².